The maximum absolute atomic E-state index is 14.6. The largest absolute Gasteiger partial charge is 0.423 e. The van der Waals surface area contributed by atoms with Crippen molar-refractivity contribution in [2.24, 2.45) is 0 Å². The zero-order chi connectivity index (χ0) is 19.5. The molecule has 3 heterocycles. The Morgan fingerprint density at radius 3 is 2.93 bits per heavy atom. The third-order valence-electron chi connectivity index (χ3n) is 5.41. The second-order valence-electron chi connectivity index (χ2n) is 7.14. The van der Waals surface area contributed by atoms with Crippen LogP contribution < -0.4 is 0 Å². The summed E-state index contributed by atoms with van der Waals surface area (Å²) in [4.78, 5) is 16.5. The summed E-state index contributed by atoms with van der Waals surface area (Å²) in [5.41, 5.74) is 2.02. The number of hydrogen-bond acceptors (Lipinski definition) is 6. The minimum absolute atomic E-state index is 0.110. The molecule has 1 fully saturated rings. The number of rotatable bonds is 5. The van der Waals surface area contributed by atoms with Crippen LogP contribution in [0.4, 0.5) is 4.39 Å². The van der Waals surface area contributed by atoms with Crippen molar-refractivity contribution in [3.05, 3.63) is 42.0 Å². The summed E-state index contributed by atoms with van der Waals surface area (Å²) >= 11 is 0. The Hall–Kier alpha value is -2.58. The zero-order valence-corrected chi connectivity index (χ0v) is 15.8. The molecule has 0 radical (unpaired) electrons. The molecule has 1 aromatic carbocycles. The third kappa shape index (κ3) is 3.98. The van der Waals surface area contributed by atoms with Crippen molar-refractivity contribution in [2.45, 2.75) is 18.9 Å². The minimum atomic E-state index is -0.329. The highest BCUT2D eigenvalue weighted by Gasteiger charge is 2.26. The zero-order valence-electron chi connectivity index (χ0n) is 15.8. The molecule has 28 heavy (non-hydrogen) atoms. The molecule has 0 N–H and O–H groups in total. The summed E-state index contributed by atoms with van der Waals surface area (Å²) < 4.78 is 25.1. The molecule has 0 spiro atoms. The number of aromatic nitrogens is 2. The van der Waals surface area contributed by atoms with E-state index in [-0.39, 0.29) is 23.7 Å². The van der Waals surface area contributed by atoms with E-state index in [1.165, 1.54) is 12.5 Å². The van der Waals surface area contributed by atoms with E-state index < -0.39 is 0 Å². The van der Waals surface area contributed by atoms with Gasteiger partial charge in [0.15, 0.2) is 0 Å². The van der Waals surface area contributed by atoms with Gasteiger partial charge in [-0.25, -0.2) is 4.39 Å². The number of carbonyl (C=O) groups is 1. The standard InChI is InChI=1S/C20H23FN4O3/c1-27-16-6-7-24(11-16)12-19(26)25-8-4-14(5-9-25)17-3-2-15(10-18(17)21)20-23-22-13-28-20/h2-4,10,13,16H,5-9,11-12H2,1H3/t16-/m0/s1. The van der Waals surface area contributed by atoms with Crippen LogP contribution in [0.1, 0.15) is 18.4 Å². The quantitative estimate of drug-likeness (QED) is 0.785. The summed E-state index contributed by atoms with van der Waals surface area (Å²) in [5, 5.41) is 7.41. The third-order valence-corrected chi connectivity index (χ3v) is 5.41. The Morgan fingerprint density at radius 2 is 2.29 bits per heavy atom. The normalized spacial score (nSPS) is 20.4. The van der Waals surface area contributed by atoms with Crippen LogP contribution in [0.15, 0.2) is 35.1 Å². The molecule has 1 amide bonds. The summed E-state index contributed by atoms with van der Waals surface area (Å²) in [5.74, 6) is 0.0705. The second kappa shape index (κ2) is 8.20. The van der Waals surface area contributed by atoms with Crippen LogP contribution in [-0.2, 0) is 9.53 Å². The SMILES string of the molecule is CO[C@H]1CCN(CC(=O)N2CC=C(c3ccc(-c4nnco4)cc3F)CC2)C1. The van der Waals surface area contributed by atoms with Gasteiger partial charge in [-0.05, 0) is 30.5 Å². The number of halogens is 1. The number of nitrogens with zero attached hydrogens (tertiary/aromatic N) is 4. The van der Waals surface area contributed by atoms with Gasteiger partial charge >= 0.3 is 0 Å². The van der Waals surface area contributed by atoms with E-state index >= 15 is 0 Å². The first-order valence-corrected chi connectivity index (χ1v) is 9.42. The van der Waals surface area contributed by atoms with Gasteiger partial charge in [-0.15, -0.1) is 10.2 Å². The number of amides is 1. The van der Waals surface area contributed by atoms with Gasteiger partial charge in [0.1, 0.15) is 5.82 Å². The molecule has 1 saturated heterocycles. The van der Waals surface area contributed by atoms with Crippen LogP contribution in [0.2, 0.25) is 0 Å². The van der Waals surface area contributed by atoms with Crippen molar-refractivity contribution in [2.75, 3.05) is 39.8 Å². The van der Waals surface area contributed by atoms with Crippen molar-refractivity contribution in [1.29, 1.82) is 0 Å². The fourth-order valence-corrected chi connectivity index (χ4v) is 3.77. The Bertz CT molecular complexity index is 868. The van der Waals surface area contributed by atoms with Crippen LogP contribution in [0.5, 0.6) is 0 Å². The number of likely N-dealkylation sites (tertiary alicyclic amines) is 1. The van der Waals surface area contributed by atoms with Crippen molar-refractivity contribution < 1.29 is 18.3 Å². The first-order valence-electron chi connectivity index (χ1n) is 9.42. The van der Waals surface area contributed by atoms with E-state index in [0.29, 0.717) is 37.2 Å². The fraction of sp³-hybridized carbons (Fsp3) is 0.450. The highest BCUT2D eigenvalue weighted by atomic mass is 19.1. The summed E-state index contributed by atoms with van der Waals surface area (Å²) in [7, 11) is 1.71. The van der Waals surface area contributed by atoms with E-state index in [1.807, 2.05) is 11.0 Å². The van der Waals surface area contributed by atoms with Crippen LogP contribution in [0, 0.1) is 5.82 Å². The lowest BCUT2D eigenvalue weighted by molar-refractivity contribution is -0.131. The van der Waals surface area contributed by atoms with Crippen molar-refractivity contribution in [1.82, 2.24) is 20.0 Å². The van der Waals surface area contributed by atoms with Gasteiger partial charge < -0.3 is 14.1 Å². The molecule has 8 heteroatoms. The van der Waals surface area contributed by atoms with Gasteiger partial charge in [-0.2, -0.15) is 0 Å². The van der Waals surface area contributed by atoms with Crippen molar-refractivity contribution in [3.8, 4) is 11.5 Å². The van der Waals surface area contributed by atoms with Gasteiger partial charge in [0.2, 0.25) is 18.2 Å². The first kappa shape index (κ1) is 18.8. The van der Waals surface area contributed by atoms with Crippen LogP contribution in [0.3, 0.4) is 0 Å². The molecule has 4 rings (SSSR count). The van der Waals surface area contributed by atoms with Crippen molar-refractivity contribution in [3.63, 3.8) is 0 Å². The van der Waals surface area contributed by atoms with Gasteiger partial charge in [-0.3, -0.25) is 9.69 Å². The molecule has 1 atom stereocenters. The van der Waals surface area contributed by atoms with E-state index in [4.69, 9.17) is 9.15 Å². The first-order chi connectivity index (χ1) is 13.6. The monoisotopic (exact) mass is 386 g/mol. The fourth-order valence-electron chi connectivity index (χ4n) is 3.77. The maximum Gasteiger partial charge on any atom is 0.247 e. The molecule has 148 valence electrons. The van der Waals surface area contributed by atoms with E-state index in [2.05, 4.69) is 15.1 Å². The van der Waals surface area contributed by atoms with E-state index in [0.717, 1.165) is 25.1 Å². The number of hydrogen-bond donors (Lipinski definition) is 0. The molecule has 2 aliphatic rings. The van der Waals surface area contributed by atoms with E-state index in [1.54, 1.807) is 19.2 Å². The molecule has 1 aromatic heterocycles. The Labute approximate surface area is 162 Å². The molecule has 2 aromatic rings. The highest BCUT2D eigenvalue weighted by Crippen LogP contribution is 2.28. The Balaban J connectivity index is 1.38. The molecule has 7 nitrogen and oxygen atoms in total. The molecule has 0 saturated carbocycles. The van der Waals surface area contributed by atoms with Gasteiger partial charge in [0.05, 0.1) is 12.6 Å². The number of ether oxygens (including phenoxy) is 1. The predicted molar refractivity (Wildman–Crippen MR) is 101 cm³/mol. The predicted octanol–water partition coefficient (Wildman–Crippen LogP) is 2.21. The van der Waals surface area contributed by atoms with Gasteiger partial charge in [-0.1, -0.05) is 12.1 Å². The average Bonchev–Trinajstić information content (AvgIpc) is 3.40. The molecule has 0 unspecified atom stereocenters. The molecular weight excluding hydrogens is 363 g/mol. The Morgan fingerprint density at radius 1 is 1.39 bits per heavy atom. The maximum atomic E-state index is 14.6. The minimum Gasteiger partial charge on any atom is -0.423 e. The van der Waals surface area contributed by atoms with Crippen LogP contribution in [0.25, 0.3) is 17.0 Å². The van der Waals surface area contributed by atoms with Crippen LogP contribution in [-0.4, -0.2) is 71.8 Å². The van der Waals surface area contributed by atoms with Crippen molar-refractivity contribution >= 4 is 11.5 Å². The highest BCUT2D eigenvalue weighted by molar-refractivity contribution is 5.80. The summed E-state index contributed by atoms with van der Waals surface area (Å²) in [6.07, 6.45) is 4.97. The van der Waals surface area contributed by atoms with Crippen LogP contribution >= 0.6 is 0 Å². The topological polar surface area (TPSA) is 71.7 Å². The Kier molecular flexibility index (Phi) is 5.50. The van der Waals surface area contributed by atoms with Gasteiger partial charge in [0, 0.05) is 44.4 Å². The molecule has 2 aliphatic heterocycles. The summed E-state index contributed by atoms with van der Waals surface area (Å²) in [6.45, 7) is 3.19. The lowest BCUT2D eigenvalue weighted by Crippen LogP contribution is -2.41. The van der Waals surface area contributed by atoms with Gasteiger partial charge in [0.25, 0.3) is 0 Å². The average molecular weight is 386 g/mol. The number of methoxy groups -OCH3 is 1. The lowest BCUT2D eigenvalue weighted by atomic mass is 9.97. The second-order valence-corrected chi connectivity index (χ2v) is 7.14. The number of benzene rings is 1. The van der Waals surface area contributed by atoms with E-state index in [9.17, 15) is 9.18 Å². The molecule has 0 aliphatic carbocycles. The molecular formula is C20H23FN4O3. The smallest absolute Gasteiger partial charge is 0.247 e. The lowest BCUT2D eigenvalue weighted by Gasteiger charge is -2.28. The number of carbonyl (C=O) groups excluding carboxylic acids is 1. The summed E-state index contributed by atoms with van der Waals surface area (Å²) in [6, 6.07) is 4.90. The molecule has 0 bridgehead atoms.